The van der Waals surface area contributed by atoms with Gasteiger partial charge in [-0.1, -0.05) is 30.3 Å². The fourth-order valence-corrected chi connectivity index (χ4v) is 3.16. The molecule has 2 aromatic carbocycles. The third-order valence-corrected chi connectivity index (χ3v) is 4.37. The van der Waals surface area contributed by atoms with Gasteiger partial charge in [0.1, 0.15) is 6.61 Å². The lowest BCUT2D eigenvalue weighted by molar-refractivity contribution is -0.385. The molecule has 7 heteroatoms. The predicted octanol–water partition coefficient (Wildman–Crippen LogP) is 3.93. The summed E-state index contributed by atoms with van der Waals surface area (Å²) in [6, 6.07) is 13.8. The van der Waals surface area contributed by atoms with Crippen LogP contribution in [-0.4, -0.2) is 17.5 Å². The van der Waals surface area contributed by atoms with Gasteiger partial charge in [-0.2, -0.15) is 0 Å². The van der Waals surface area contributed by atoms with Gasteiger partial charge in [0.15, 0.2) is 12.4 Å². The predicted molar refractivity (Wildman–Crippen MR) is 90.2 cm³/mol. The average Bonchev–Trinajstić information content (AvgIpc) is 3.01. The highest BCUT2D eigenvalue weighted by atomic mass is 32.1. The Bertz CT molecular complexity index is 889. The van der Waals surface area contributed by atoms with E-state index in [1.165, 1.54) is 18.2 Å². The first-order valence-corrected chi connectivity index (χ1v) is 8.00. The van der Waals surface area contributed by atoms with Crippen LogP contribution >= 0.6 is 11.3 Å². The van der Waals surface area contributed by atoms with Crippen molar-refractivity contribution < 1.29 is 19.2 Å². The molecule has 0 saturated carbocycles. The normalized spacial score (nSPS) is 10.5. The number of para-hydroxylation sites is 2. The maximum Gasteiger partial charge on any atom is 0.344 e. The molecule has 0 aliphatic carbocycles. The molecule has 0 N–H and O–H groups in total. The minimum atomic E-state index is -0.580. The second-order valence-corrected chi connectivity index (χ2v) is 5.84. The van der Waals surface area contributed by atoms with Gasteiger partial charge in [0.2, 0.25) is 0 Å². The van der Waals surface area contributed by atoms with Crippen LogP contribution in [0.1, 0.15) is 5.56 Å². The molecule has 24 heavy (non-hydrogen) atoms. The first-order chi connectivity index (χ1) is 11.6. The monoisotopic (exact) mass is 343 g/mol. The molecule has 0 radical (unpaired) electrons. The van der Waals surface area contributed by atoms with Crippen molar-refractivity contribution in [3.63, 3.8) is 0 Å². The molecule has 0 bridgehead atoms. The standard InChI is InChI=1S/C17H13NO5S/c19-17(10-22-15-7-3-2-6-14(15)18(20)21)23-9-12-11-24-16-8-4-1-5-13(12)16/h1-8,11H,9-10H2. The van der Waals surface area contributed by atoms with Crippen molar-refractivity contribution in [2.75, 3.05) is 6.61 Å². The molecule has 0 aliphatic heterocycles. The van der Waals surface area contributed by atoms with E-state index in [9.17, 15) is 14.9 Å². The van der Waals surface area contributed by atoms with Gasteiger partial charge in [0.05, 0.1) is 4.92 Å². The number of nitro benzene ring substituents is 1. The Morgan fingerprint density at radius 2 is 1.88 bits per heavy atom. The van der Waals surface area contributed by atoms with E-state index < -0.39 is 10.9 Å². The van der Waals surface area contributed by atoms with E-state index in [1.54, 1.807) is 17.4 Å². The number of nitro groups is 1. The number of carbonyl (C=O) groups excluding carboxylic acids is 1. The molecule has 1 aromatic heterocycles. The average molecular weight is 343 g/mol. The molecule has 122 valence electrons. The number of carbonyl (C=O) groups is 1. The van der Waals surface area contributed by atoms with E-state index >= 15 is 0 Å². The van der Waals surface area contributed by atoms with Gasteiger partial charge < -0.3 is 9.47 Å². The minimum absolute atomic E-state index is 0.0421. The molecule has 1 heterocycles. The Labute approximate surface area is 141 Å². The number of fused-ring (bicyclic) bond motifs is 1. The summed E-state index contributed by atoms with van der Waals surface area (Å²) in [5, 5.41) is 13.9. The Morgan fingerprint density at radius 3 is 2.71 bits per heavy atom. The lowest BCUT2D eigenvalue weighted by atomic mass is 10.2. The number of ether oxygens (including phenoxy) is 2. The Hall–Kier alpha value is -2.93. The highest BCUT2D eigenvalue weighted by Crippen LogP contribution is 2.27. The first kappa shape index (κ1) is 15.9. The van der Waals surface area contributed by atoms with Crippen LogP contribution in [0.3, 0.4) is 0 Å². The summed E-state index contributed by atoms with van der Waals surface area (Å²) >= 11 is 1.58. The van der Waals surface area contributed by atoms with Crippen LogP contribution in [0.25, 0.3) is 10.1 Å². The van der Waals surface area contributed by atoms with Crippen molar-refractivity contribution in [2.24, 2.45) is 0 Å². The molecule has 0 amide bonds. The summed E-state index contributed by atoms with van der Waals surface area (Å²) in [4.78, 5) is 22.1. The van der Waals surface area contributed by atoms with Crippen LogP contribution in [0.5, 0.6) is 5.75 Å². The van der Waals surface area contributed by atoms with Crippen LogP contribution in [0.4, 0.5) is 5.69 Å². The number of nitrogens with zero attached hydrogens (tertiary/aromatic N) is 1. The highest BCUT2D eigenvalue weighted by Gasteiger charge is 2.15. The molecule has 6 nitrogen and oxygen atoms in total. The van der Waals surface area contributed by atoms with Crippen molar-refractivity contribution in [3.8, 4) is 5.75 Å². The third kappa shape index (κ3) is 3.52. The van der Waals surface area contributed by atoms with E-state index in [2.05, 4.69) is 0 Å². The Morgan fingerprint density at radius 1 is 1.12 bits per heavy atom. The largest absolute Gasteiger partial charge is 0.475 e. The topological polar surface area (TPSA) is 78.7 Å². The van der Waals surface area contributed by atoms with Crippen molar-refractivity contribution in [1.82, 2.24) is 0 Å². The molecule has 0 saturated heterocycles. The quantitative estimate of drug-likeness (QED) is 0.385. The first-order valence-electron chi connectivity index (χ1n) is 7.12. The minimum Gasteiger partial charge on any atom is -0.475 e. The molecule has 0 aliphatic rings. The number of esters is 1. The van der Waals surface area contributed by atoms with Crippen molar-refractivity contribution in [1.29, 1.82) is 0 Å². The van der Waals surface area contributed by atoms with Crippen LogP contribution in [0.15, 0.2) is 53.9 Å². The van der Waals surface area contributed by atoms with Crippen LogP contribution in [-0.2, 0) is 16.1 Å². The maximum atomic E-state index is 11.8. The summed E-state index contributed by atoms with van der Waals surface area (Å²) in [6.07, 6.45) is 0. The second kappa shape index (κ2) is 7.10. The van der Waals surface area contributed by atoms with Crippen molar-refractivity contribution in [2.45, 2.75) is 6.61 Å². The number of rotatable bonds is 6. The van der Waals surface area contributed by atoms with Crippen molar-refractivity contribution in [3.05, 3.63) is 69.6 Å². The van der Waals surface area contributed by atoms with Gasteiger partial charge in [-0.3, -0.25) is 10.1 Å². The molecule has 3 rings (SSSR count). The maximum absolute atomic E-state index is 11.8. The fourth-order valence-electron chi connectivity index (χ4n) is 2.21. The third-order valence-electron chi connectivity index (χ3n) is 3.36. The van der Waals surface area contributed by atoms with E-state index in [4.69, 9.17) is 9.47 Å². The van der Waals surface area contributed by atoms with Gasteiger partial charge >= 0.3 is 11.7 Å². The molecule has 0 unspecified atom stereocenters. The van der Waals surface area contributed by atoms with Gasteiger partial charge in [-0.25, -0.2) is 4.79 Å². The summed E-state index contributed by atoms with van der Waals surface area (Å²) in [5.74, 6) is -0.538. The lowest BCUT2D eigenvalue weighted by Gasteiger charge is -2.07. The highest BCUT2D eigenvalue weighted by molar-refractivity contribution is 7.17. The van der Waals surface area contributed by atoms with Gasteiger partial charge in [-0.05, 0) is 22.9 Å². The van der Waals surface area contributed by atoms with E-state index in [1.807, 2.05) is 29.6 Å². The fraction of sp³-hybridized carbons (Fsp3) is 0.118. The van der Waals surface area contributed by atoms with Gasteiger partial charge in [0, 0.05) is 16.3 Å². The zero-order chi connectivity index (χ0) is 16.9. The molecule has 0 spiro atoms. The molecular weight excluding hydrogens is 330 g/mol. The summed E-state index contributed by atoms with van der Waals surface area (Å²) in [6.45, 7) is -0.240. The second-order valence-electron chi connectivity index (χ2n) is 4.93. The molecule has 0 fully saturated rings. The van der Waals surface area contributed by atoms with E-state index in [-0.39, 0.29) is 24.7 Å². The number of hydrogen-bond acceptors (Lipinski definition) is 6. The van der Waals surface area contributed by atoms with Crippen LogP contribution in [0, 0.1) is 10.1 Å². The van der Waals surface area contributed by atoms with Crippen LogP contribution < -0.4 is 4.74 Å². The summed E-state index contributed by atoms with van der Waals surface area (Å²) in [7, 11) is 0. The molecular formula is C17H13NO5S. The smallest absolute Gasteiger partial charge is 0.344 e. The Kier molecular flexibility index (Phi) is 4.72. The van der Waals surface area contributed by atoms with Gasteiger partial charge in [0.25, 0.3) is 0 Å². The molecule has 3 aromatic rings. The molecule has 0 atom stereocenters. The zero-order valence-electron chi connectivity index (χ0n) is 12.5. The van der Waals surface area contributed by atoms with E-state index in [0.29, 0.717) is 0 Å². The number of benzene rings is 2. The van der Waals surface area contributed by atoms with E-state index in [0.717, 1.165) is 15.6 Å². The number of hydrogen-bond donors (Lipinski definition) is 0. The summed E-state index contributed by atoms with van der Waals surface area (Å²) in [5.41, 5.74) is 0.740. The van der Waals surface area contributed by atoms with Crippen molar-refractivity contribution >= 4 is 33.1 Å². The summed E-state index contributed by atoms with van der Waals surface area (Å²) < 4.78 is 11.5. The SMILES string of the molecule is O=C(COc1ccccc1[N+](=O)[O-])OCc1csc2ccccc12. The van der Waals surface area contributed by atoms with Crippen LogP contribution in [0.2, 0.25) is 0 Å². The number of thiophene rings is 1. The van der Waals surface area contributed by atoms with Gasteiger partial charge in [-0.15, -0.1) is 11.3 Å². The Balaban J connectivity index is 1.58. The zero-order valence-corrected chi connectivity index (χ0v) is 13.3. The lowest BCUT2D eigenvalue weighted by Crippen LogP contribution is -2.15.